The van der Waals surface area contributed by atoms with Crippen LogP contribution in [0.4, 0.5) is 23.1 Å². The summed E-state index contributed by atoms with van der Waals surface area (Å²) in [5.41, 5.74) is 2.49. The molecule has 0 saturated heterocycles. The molecule has 0 amide bonds. The zero-order valence-electron chi connectivity index (χ0n) is 18.2. The van der Waals surface area contributed by atoms with Crippen LogP contribution in [0.25, 0.3) is 10.9 Å². The van der Waals surface area contributed by atoms with Crippen LogP contribution in [-0.4, -0.2) is 53.2 Å². The van der Waals surface area contributed by atoms with Gasteiger partial charge < -0.3 is 25.0 Å². The van der Waals surface area contributed by atoms with Gasteiger partial charge in [-0.15, -0.1) is 0 Å². The van der Waals surface area contributed by atoms with E-state index >= 15 is 0 Å². The predicted molar refractivity (Wildman–Crippen MR) is 130 cm³/mol. The van der Waals surface area contributed by atoms with E-state index in [4.69, 9.17) is 21.1 Å². The molecule has 9 heteroatoms. The van der Waals surface area contributed by atoms with Gasteiger partial charge in [-0.3, -0.25) is 4.98 Å². The van der Waals surface area contributed by atoms with Gasteiger partial charge in [-0.2, -0.15) is 4.98 Å². The van der Waals surface area contributed by atoms with Crippen LogP contribution in [0.1, 0.15) is 0 Å². The average molecular weight is 463 g/mol. The number of hydrogen-bond donors (Lipinski definition) is 2. The molecule has 1 aliphatic heterocycles. The fourth-order valence-corrected chi connectivity index (χ4v) is 3.81. The smallest absolute Gasteiger partial charge is 0.229 e. The van der Waals surface area contributed by atoms with Crippen LogP contribution < -0.4 is 20.1 Å². The van der Waals surface area contributed by atoms with E-state index in [-0.39, 0.29) is 6.10 Å². The summed E-state index contributed by atoms with van der Waals surface area (Å²) < 4.78 is 11.9. The molecule has 2 aromatic carbocycles. The van der Waals surface area contributed by atoms with E-state index in [0.29, 0.717) is 29.1 Å². The molecule has 2 N–H and O–H groups in total. The molecule has 0 fully saturated rings. The summed E-state index contributed by atoms with van der Waals surface area (Å²) in [6.45, 7) is 1.31. The first-order valence-electron chi connectivity index (χ1n) is 10.5. The largest absolute Gasteiger partial charge is 0.486 e. The van der Waals surface area contributed by atoms with Crippen LogP contribution >= 0.6 is 11.6 Å². The maximum absolute atomic E-state index is 6.10. The molecule has 0 saturated carbocycles. The molecule has 3 heterocycles. The lowest BCUT2D eigenvalue weighted by molar-refractivity contribution is 0.0711. The van der Waals surface area contributed by atoms with E-state index in [1.165, 1.54) is 0 Å². The Hall–Kier alpha value is -3.62. The normalized spacial score (nSPS) is 15.0. The van der Waals surface area contributed by atoms with Crippen LogP contribution in [0.15, 0.2) is 60.9 Å². The Bertz CT molecular complexity index is 1300. The molecule has 1 atom stereocenters. The molecule has 168 valence electrons. The van der Waals surface area contributed by atoms with Crippen molar-refractivity contribution < 1.29 is 9.47 Å². The second kappa shape index (κ2) is 9.09. The lowest BCUT2D eigenvalue weighted by Crippen LogP contribution is -2.37. The number of aromatic nitrogens is 3. The monoisotopic (exact) mass is 462 g/mol. The van der Waals surface area contributed by atoms with E-state index in [1.807, 2.05) is 56.6 Å². The molecule has 0 aliphatic carbocycles. The third-order valence-electron chi connectivity index (χ3n) is 5.06. The lowest BCUT2D eigenvalue weighted by atomic mass is 10.2. The van der Waals surface area contributed by atoms with E-state index < -0.39 is 0 Å². The number of benzene rings is 2. The molecular formula is C24H23ClN6O2. The molecule has 0 spiro atoms. The van der Waals surface area contributed by atoms with E-state index in [9.17, 15) is 0 Å². The third kappa shape index (κ3) is 5.08. The summed E-state index contributed by atoms with van der Waals surface area (Å²) in [6, 6.07) is 15.1. The number of anilines is 4. The molecular weight excluding hydrogens is 440 g/mol. The van der Waals surface area contributed by atoms with Gasteiger partial charge in [0.2, 0.25) is 5.95 Å². The Balaban J connectivity index is 1.29. The number of likely N-dealkylation sites (N-methyl/N-ethyl adjacent to an activating group) is 1. The topological polar surface area (TPSA) is 84.4 Å². The van der Waals surface area contributed by atoms with Crippen molar-refractivity contribution in [3.05, 3.63) is 65.9 Å². The second-order valence-corrected chi connectivity index (χ2v) is 8.49. The highest BCUT2D eigenvalue weighted by Gasteiger charge is 2.22. The highest BCUT2D eigenvalue weighted by molar-refractivity contribution is 6.31. The molecule has 0 radical (unpaired) electrons. The second-order valence-electron chi connectivity index (χ2n) is 8.05. The zero-order chi connectivity index (χ0) is 22.8. The molecule has 0 bridgehead atoms. The Labute approximate surface area is 196 Å². The van der Waals surface area contributed by atoms with Gasteiger partial charge >= 0.3 is 0 Å². The highest BCUT2D eigenvalue weighted by Crippen LogP contribution is 2.35. The quantitative estimate of drug-likeness (QED) is 0.420. The Kier molecular flexibility index (Phi) is 5.85. The number of halogens is 1. The van der Waals surface area contributed by atoms with Crippen LogP contribution in [0.5, 0.6) is 11.5 Å². The minimum atomic E-state index is 0.0121. The Morgan fingerprint density at radius 3 is 2.79 bits per heavy atom. The van der Waals surface area contributed by atoms with Crippen molar-refractivity contribution in [3.8, 4) is 11.5 Å². The van der Waals surface area contributed by atoms with E-state index in [2.05, 4.69) is 30.5 Å². The van der Waals surface area contributed by atoms with E-state index in [1.54, 1.807) is 18.5 Å². The first kappa shape index (κ1) is 21.2. The van der Waals surface area contributed by atoms with Crippen molar-refractivity contribution in [2.45, 2.75) is 6.10 Å². The maximum atomic E-state index is 6.10. The van der Waals surface area contributed by atoms with Gasteiger partial charge in [0.15, 0.2) is 11.5 Å². The number of rotatable bonds is 6. The Morgan fingerprint density at radius 1 is 1.00 bits per heavy atom. The minimum Gasteiger partial charge on any atom is -0.486 e. The summed E-state index contributed by atoms with van der Waals surface area (Å²) in [7, 11) is 4.03. The molecule has 4 aromatic rings. The molecule has 8 nitrogen and oxygen atoms in total. The summed E-state index contributed by atoms with van der Waals surface area (Å²) in [4.78, 5) is 15.4. The van der Waals surface area contributed by atoms with Gasteiger partial charge in [0.1, 0.15) is 18.5 Å². The molecule has 33 heavy (non-hydrogen) atoms. The van der Waals surface area contributed by atoms with Crippen molar-refractivity contribution in [3.63, 3.8) is 0 Å². The van der Waals surface area contributed by atoms with Crippen LogP contribution in [0, 0.1) is 0 Å². The van der Waals surface area contributed by atoms with Crippen molar-refractivity contribution in [2.75, 3.05) is 37.9 Å². The van der Waals surface area contributed by atoms with Gasteiger partial charge in [0, 0.05) is 34.9 Å². The summed E-state index contributed by atoms with van der Waals surface area (Å²) in [5.74, 6) is 2.53. The number of ether oxygens (including phenoxy) is 2. The van der Waals surface area contributed by atoms with Gasteiger partial charge in [-0.25, -0.2) is 4.98 Å². The van der Waals surface area contributed by atoms with Crippen LogP contribution in [0.3, 0.4) is 0 Å². The first-order chi connectivity index (χ1) is 16.0. The fraction of sp³-hybridized carbons (Fsp3) is 0.208. The number of pyridine rings is 1. The maximum Gasteiger partial charge on any atom is 0.229 e. The zero-order valence-corrected chi connectivity index (χ0v) is 19.0. The van der Waals surface area contributed by atoms with Crippen molar-refractivity contribution in [2.24, 2.45) is 0 Å². The number of nitrogens with zero attached hydrogens (tertiary/aromatic N) is 4. The lowest BCUT2D eigenvalue weighted by Gasteiger charge is -2.28. The number of nitrogens with one attached hydrogen (secondary N) is 2. The molecule has 1 aliphatic rings. The molecule has 5 rings (SSSR count). The van der Waals surface area contributed by atoms with Gasteiger partial charge in [-0.1, -0.05) is 11.6 Å². The van der Waals surface area contributed by atoms with Crippen molar-refractivity contribution >= 4 is 45.6 Å². The van der Waals surface area contributed by atoms with Crippen molar-refractivity contribution in [1.82, 2.24) is 19.9 Å². The summed E-state index contributed by atoms with van der Waals surface area (Å²) in [5, 5.41) is 8.11. The summed E-state index contributed by atoms with van der Waals surface area (Å²) >= 11 is 6.10. The molecule has 0 unspecified atom stereocenters. The van der Waals surface area contributed by atoms with Crippen LogP contribution in [0.2, 0.25) is 5.02 Å². The van der Waals surface area contributed by atoms with E-state index in [0.717, 1.165) is 34.6 Å². The van der Waals surface area contributed by atoms with Gasteiger partial charge in [0.25, 0.3) is 0 Å². The number of hydrogen-bond acceptors (Lipinski definition) is 8. The van der Waals surface area contributed by atoms with Crippen LogP contribution in [-0.2, 0) is 0 Å². The Morgan fingerprint density at radius 2 is 1.91 bits per heavy atom. The SMILES string of the molecule is CN(C)C[C@@H]1COc2cc(Nc3nccc(Nc4cnc5ccc(Cl)cc5c4)n3)ccc2O1. The highest BCUT2D eigenvalue weighted by atomic mass is 35.5. The predicted octanol–water partition coefficient (Wildman–Crippen LogP) is 4.87. The third-order valence-corrected chi connectivity index (χ3v) is 5.29. The number of fused-ring (bicyclic) bond motifs is 2. The van der Waals surface area contributed by atoms with Crippen molar-refractivity contribution in [1.29, 1.82) is 0 Å². The summed E-state index contributed by atoms with van der Waals surface area (Å²) in [6.07, 6.45) is 3.46. The average Bonchev–Trinajstić information content (AvgIpc) is 2.79. The standard InChI is InChI=1S/C24H23ClN6O2/c1-31(2)13-19-14-32-22-11-17(4-6-21(22)33-19)29-24-26-8-7-23(30-24)28-18-10-15-9-16(25)3-5-20(15)27-12-18/h3-12,19H,13-14H2,1-2H3,(H2,26,28,29,30)/t19-/m1/s1. The minimum absolute atomic E-state index is 0.0121. The first-order valence-corrected chi connectivity index (χ1v) is 10.9. The fourth-order valence-electron chi connectivity index (χ4n) is 3.63. The molecule has 2 aromatic heterocycles. The van der Waals surface area contributed by atoms with Gasteiger partial charge in [0.05, 0.1) is 17.4 Å². The van der Waals surface area contributed by atoms with Gasteiger partial charge in [-0.05, 0) is 56.6 Å².